The molecule has 1 aromatic rings. The molecule has 7 nitrogen and oxygen atoms in total. The van der Waals surface area contributed by atoms with Crippen LogP contribution in [-0.4, -0.2) is 77.6 Å². The summed E-state index contributed by atoms with van der Waals surface area (Å²) in [6, 6.07) is 8.79. The van der Waals surface area contributed by atoms with E-state index in [0.29, 0.717) is 25.8 Å². The van der Waals surface area contributed by atoms with Gasteiger partial charge in [-0.1, -0.05) is 12.1 Å². The predicted molar refractivity (Wildman–Crippen MR) is 124 cm³/mol. The third-order valence-electron chi connectivity index (χ3n) is 4.71. The Morgan fingerprint density at radius 2 is 2.04 bits per heavy atom. The Morgan fingerprint density at radius 1 is 1.25 bits per heavy atom. The molecule has 0 saturated carbocycles. The molecule has 0 aliphatic carbocycles. The molecule has 0 spiro atoms. The number of hydrogen-bond donors (Lipinski definition) is 2. The molecule has 160 valence electrons. The minimum absolute atomic E-state index is 0. The van der Waals surface area contributed by atoms with Gasteiger partial charge in [-0.05, 0) is 37.6 Å². The highest BCUT2D eigenvalue weighted by atomic mass is 127. The van der Waals surface area contributed by atoms with Gasteiger partial charge in [0.2, 0.25) is 0 Å². The fourth-order valence-corrected chi connectivity index (χ4v) is 3.04. The molecule has 2 rings (SSSR count). The van der Waals surface area contributed by atoms with Crippen LogP contribution in [0.2, 0.25) is 0 Å². The van der Waals surface area contributed by atoms with E-state index in [1.54, 1.807) is 14.2 Å². The van der Waals surface area contributed by atoms with Gasteiger partial charge in [-0.3, -0.25) is 9.89 Å². The molecular formula is C20H35IN4O3. The van der Waals surface area contributed by atoms with Crippen LogP contribution in [0.3, 0.4) is 0 Å². The number of hydrogen-bond acceptors (Lipinski definition) is 5. The van der Waals surface area contributed by atoms with Gasteiger partial charge in [0.1, 0.15) is 12.4 Å². The van der Waals surface area contributed by atoms with E-state index in [-0.39, 0.29) is 24.0 Å². The van der Waals surface area contributed by atoms with Gasteiger partial charge in [-0.25, -0.2) is 0 Å². The predicted octanol–water partition coefficient (Wildman–Crippen LogP) is 2.11. The summed E-state index contributed by atoms with van der Waals surface area (Å²) in [5.74, 6) is 1.66. The molecule has 0 unspecified atom stereocenters. The van der Waals surface area contributed by atoms with Gasteiger partial charge in [-0.2, -0.15) is 0 Å². The third-order valence-corrected chi connectivity index (χ3v) is 4.71. The molecule has 1 aliphatic rings. The molecule has 28 heavy (non-hydrogen) atoms. The number of rotatable bonds is 10. The quantitative estimate of drug-likeness (QED) is 0.219. The highest BCUT2D eigenvalue weighted by Gasteiger charge is 2.17. The van der Waals surface area contributed by atoms with Crippen LogP contribution in [0.15, 0.2) is 29.3 Å². The number of nitrogens with zero attached hydrogens (tertiary/aromatic N) is 2. The monoisotopic (exact) mass is 506 g/mol. The van der Waals surface area contributed by atoms with Crippen molar-refractivity contribution in [2.45, 2.75) is 25.4 Å². The molecule has 1 aliphatic heterocycles. The molecule has 1 saturated heterocycles. The third kappa shape index (κ3) is 9.40. The topological polar surface area (TPSA) is 67.4 Å². The fraction of sp³-hybridized carbons (Fsp3) is 0.650. The maximum Gasteiger partial charge on any atom is 0.191 e. The van der Waals surface area contributed by atoms with Crippen LogP contribution >= 0.6 is 24.0 Å². The van der Waals surface area contributed by atoms with Crippen molar-refractivity contribution in [1.29, 1.82) is 0 Å². The van der Waals surface area contributed by atoms with Crippen molar-refractivity contribution in [3.8, 4) is 5.75 Å². The van der Waals surface area contributed by atoms with Crippen molar-refractivity contribution in [3.05, 3.63) is 29.8 Å². The van der Waals surface area contributed by atoms with E-state index < -0.39 is 0 Å². The summed E-state index contributed by atoms with van der Waals surface area (Å²) < 4.78 is 16.4. The Bertz CT molecular complexity index is 568. The molecule has 1 aromatic carbocycles. The van der Waals surface area contributed by atoms with Gasteiger partial charge >= 0.3 is 0 Å². The van der Waals surface area contributed by atoms with Crippen molar-refractivity contribution < 1.29 is 14.2 Å². The smallest absolute Gasteiger partial charge is 0.191 e. The Kier molecular flexibility index (Phi) is 13.2. The Balaban J connectivity index is 0.00000392. The van der Waals surface area contributed by atoms with E-state index in [1.165, 1.54) is 0 Å². The van der Waals surface area contributed by atoms with Crippen LogP contribution in [0, 0.1) is 0 Å². The molecule has 2 N–H and O–H groups in total. The molecule has 1 heterocycles. The summed E-state index contributed by atoms with van der Waals surface area (Å²) in [4.78, 5) is 6.58. The summed E-state index contributed by atoms with van der Waals surface area (Å²) in [5, 5.41) is 6.50. The van der Waals surface area contributed by atoms with Crippen LogP contribution in [0.25, 0.3) is 0 Å². The average Bonchev–Trinajstić information content (AvgIpc) is 2.71. The summed E-state index contributed by atoms with van der Waals surface area (Å²) in [5.41, 5.74) is 1.15. The SMILES string of the molecule is CN=C(NCCOC)NCc1cccc(OCCN(C)C2CCOCC2)c1.I. The molecular weight excluding hydrogens is 471 g/mol. The van der Waals surface area contributed by atoms with Crippen LogP contribution in [-0.2, 0) is 16.0 Å². The maximum atomic E-state index is 5.96. The molecule has 0 radical (unpaired) electrons. The van der Waals surface area contributed by atoms with Crippen LogP contribution in [0.5, 0.6) is 5.75 Å². The molecule has 0 bridgehead atoms. The first-order chi connectivity index (χ1) is 13.2. The average molecular weight is 506 g/mol. The van der Waals surface area contributed by atoms with E-state index in [9.17, 15) is 0 Å². The molecule has 0 amide bonds. The maximum absolute atomic E-state index is 5.96. The molecule has 8 heteroatoms. The zero-order valence-electron chi connectivity index (χ0n) is 17.3. The van der Waals surface area contributed by atoms with Gasteiger partial charge in [0.05, 0.1) is 6.61 Å². The lowest BCUT2D eigenvalue weighted by atomic mass is 10.1. The van der Waals surface area contributed by atoms with Crippen molar-refractivity contribution in [2.24, 2.45) is 4.99 Å². The zero-order valence-corrected chi connectivity index (χ0v) is 19.6. The van der Waals surface area contributed by atoms with Crippen LogP contribution in [0.4, 0.5) is 0 Å². The van der Waals surface area contributed by atoms with E-state index in [4.69, 9.17) is 14.2 Å². The van der Waals surface area contributed by atoms with Crippen LogP contribution in [0.1, 0.15) is 18.4 Å². The summed E-state index contributed by atoms with van der Waals surface area (Å²) >= 11 is 0. The lowest BCUT2D eigenvalue weighted by Crippen LogP contribution is -2.38. The van der Waals surface area contributed by atoms with E-state index in [2.05, 4.69) is 39.7 Å². The van der Waals surface area contributed by atoms with Gasteiger partial charge in [-0.15, -0.1) is 24.0 Å². The highest BCUT2D eigenvalue weighted by molar-refractivity contribution is 14.0. The lowest BCUT2D eigenvalue weighted by molar-refractivity contribution is 0.0392. The van der Waals surface area contributed by atoms with Gasteiger partial charge < -0.3 is 24.8 Å². The Morgan fingerprint density at radius 3 is 2.75 bits per heavy atom. The second-order valence-electron chi connectivity index (χ2n) is 6.67. The summed E-state index contributed by atoms with van der Waals surface area (Å²) in [6.07, 6.45) is 2.22. The Hall–Kier alpha value is -1.10. The number of aliphatic imine (C=N–C) groups is 1. The van der Waals surface area contributed by atoms with E-state index >= 15 is 0 Å². The number of likely N-dealkylation sites (N-methyl/N-ethyl adjacent to an activating group) is 1. The number of methoxy groups -OCH3 is 1. The first-order valence-corrected chi connectivity index (χ1v) is 9.66. The summed E-state index contributed by atoms with van der Waals surface area (Å²) in [6.45, 7) is 5.40. The minimum Gasteiger partial charge on any atom is -0.492 e. The number of halogens is 1. The molecule has 0 aromatic heterocycles. The van der Waals surface area contributed by atoms with Gasteiger partial charge in [0, 0.05) is 53.0 Å². The highest BCUT2D eigenvalue weighted by Crippen LogP contribution is 2.15. The molecule has 0 atom stereocenters. The van der Waals surface area contributed by atoms with E-state index in [0.717, 1.165) is 56.4 Å². The van der Waals surface area contributed by atoms with Crippen molar-refractivity contribution in [3.63, 3.8) is 0 Å². The molecule has 1 fully saturated rings. The minimum atomic E-state index is 0. The number of ether oxygens (including phenoxy) is 3. The first kappa shape index (κ1) is 24.9. The summed E-state index contributed by atoms with van der Waals surface area (Å²) in [7, 11) is 5.61. The number of nitrogens with one attached hydrogen (secondary N) is 2. The van der Waals surface area contributed by atoms with E-state index in [1.807, 2.05) is 12.1 Å². The fourth-order valence-electron chi connectivity index (χ4n) is 3.04. The lowest BCUT2D eigenvalue weighted by Gasteiger charge is -2.31. The number of benzene rings is 1. The van der Waals surface area contributed by atoms with Crippen molar-refractivity contribution >= 4 is 29.9 Å². The van der Waals surface area contributed by atoms with Gasteiger partial charge in [0.15, 0.2) is 5.96 Å². The van der Waals surface area contributed by atoms with Crippen LogP contribution < -0.4 is 15.4 Å². The number of guanidine groups is 1. The normalized spacial score (nSPS) is 15.2. The van der Waals surface area contributed by atoms with Crippen molar-refractivity contribution in [2.75, 3.05) is 60.7 Å². The first-order valence-electron chi connectivity index (χ1n) is 9.66. The van der Waals surface area contributed by atoms with Gasteiger partial charge in [0.25, 0.3) is 0 Å². The second-order valence-corrected chi connectivity index (χ2v) is 6.67. The standard InChI is InChI=1S/C20H34N4O3.HI/c1-21-20(22-9-13-25-3)23-16-17-5-4-6-19(15-17)27-14-10-24(2)18-7-11-26-12-8-18;/h4-6,15,18H,7-14,16H2,1-3H3,(H2,21,22,23);1H. The van der Waals surface area contributed by atoms with Crippen molar-refractivity contribution in [1.82, 2.24) is 15.5 Å². The zero-order chi connectivity index (χ0) is 19.3. The Labute approximate surface area is 186 Å². The second kappa shape index (κ2) is 14.8. The largest absolute Gasteiger partial charge is 0.492 e.